The molecule has 0 aromatic rings. The Morgan fingerprint density at radius 3 is 1.88 bits per heavy atom. The quantitative estimate of drug-likeness (QED) is 0.608. The molecule has 1 N–H and O–H groups in total. The average molecular weight is 359 g/mol. The molecule has 0 rings (SSSR count). The number of nitrogens with one attached hydrogen (secondary N) is 1. The third kappa shape index (κ3) is 11.7. The summed E-state index contributed by atoms with van der Waals surface area (Å²) in [6.45, 7) is 21.6. The minimum atomic E-state index is -0.389. The average Bonchev–Trinajstić information content (AvgIpc) is 2.40. The maximum atomic E-state index is 12.6. The van der Waals surface area contributed by atoms with Crippen LogP contribution >= 0.6 is 0 Å². The molecule has 5 nitrogen and oxygen atoms in total. The predicted molar refractivity (Wildman–Crippen MR) is 105 cm³/mol. The van der Waals surface area contributed by atoms with Crippen molar-refractivity contribution in [1.82, 2.24) is 10.2 Å². The molecule has 0 saturated carbocycles. The Bertz CT molecular complexity index is 389. The van der Waals surface area contributed by atoms with Crippen LogP contribution in [-0.2, 0) is 14.3 Å². The van der Waals surface area contributed by atoms with Crippen molar-refractivity contribution in [2.45, 2.75) is 79.4 Å². The molecule has 1 atom stereocenters. The molecule has 25 heavy (non-hydrogen) atoms. The predicted octanol–water partition coefficient (Wildman–Crippen LogP) is 3.12. The van der Waals surface area contributed by atoms with Crippen LogP contribution in [0.2, 0.25) is 0 Å². The van der Waals surface area contributed by atoms with Gasteiger partial charge in [0.05, 0.1) is 32.5 Å². The minimum Gasteiger partial charge on any atom is -0.378 e. The summed E-state index contributed by atoms with van der Waals surface area (Å²) in [6, 6.07) is -0.299. The summed E-state index contributed by atoms with van der Waals surface area (Å²) >= 11 is 0. The van der Waals surface area contributed by atoms with Gasteiger partial charge in [-0.15, -0.1) is 0 Å². The first-order chi connectivity index (χ1) is 11.1. The zero-order valence-corrected chi connectivity index (χ0v) is 18.3. The molecule has 0 aliphatic carbocycles. The number of hydrogen-bond acceptors (Lipinski definition) is 5. The van der Waals surface area contributed by atoms with Gasteiger partial charge in [0.1, 0.15) is 0 Å². The van der Waals surface area contributed by atoms with Crippen molar-refractivity contribution in [2.24, 2.45) is 5.41 Å². The SMILES string of the molecule is CN(CCOCCOCC(NC(C)(C)C)C(=O)C(C)(C)C)C(C)(C)C. The number of ether oxygens (including phenoxy) is 2. The number of carbonyl (C=O) groups is 1. The van der Waals surface area contributed by atoms with Gasteiger partial charge in [0.2, 0.25) is 0 Å². The highest BCUT2D eigenvalue weighted by Crippen LogP contribution is 2.18. The Hall–Kier alpha value is -0.490. The van der Waals surface area contributed by atoms with Crippen LogP contribution in [-0.4, -0.2) is 67.8 Å². The number of nitrogens with zero attached hydrogens (tertiary/aromatic N) is 1. The van der Waals surface area contributed by atoms with Crippen LogP contribution in [0, 0.1) is 5.41 Å². The summed E-state index contributed by atoms with van der Waals surface area (Å²) in [7, 11) is 2.10. The summed E-state index contributed by atoms with van der Waals surface area (Å²) in [5, 5.41) is 3.37. The topological polar surface area (TPSA) is 50.8 Å². The number of hydrogen-bond donors (Lipinski definition) is 1. The van der Waals surface area contributed by atoms with Crippen molar-refractivity contribution in [3.63, 3.8) is 0 Å². The molecule has 150 valence electrons. The molecule has 0 amide bonds. The molecule has 1 unspecified atom stereocenters. The van der Waals surface area contributed by atoms with Crippen molar-refractivity contribution in [3.8, 4) is 0 Å². The van der Waals surface area contributed by atoms with E-state index in [-0.39, 0.29) is 28.3 Å². The Balaban J connectivity index is 4.17. The highest BCUT2D eigenvalue weighted by molar-refractivity contribution is 5.88. The van der Waals surface area contributed by atoms with E-state index >= 15 is 0 Å². The molecule has 0 aliphatic heterocycles. The van der Waals surface area contributed by atoms with E-state index in [9.17, 15) is 4.79 Å². The molecular formula is C20H42N2O3. The van der Waals surface area contributed by atoms with Crippen molar-refractivity contribution >= 4 is 5.78 Å². The molecule has 0 saturated heterocycles. The molecule has 0 aromatic carbocycles. The largest absolute Gasteiger partial charge is 0.378 e. The normalized spacial score (nSPS) is 14.8. The summed E-state index contributed by atoms with van der Waals surface area (Å²) in [4.78, 5) is 14.9. The van der Waals surface area contributed by atoms with Gasteiger partial charge in [-0.3, -0.25) is 9.69 Å². The molecule has 0 aliphatic rings. The molecule has 0 heterocycles. The smallest absolute Gasteiger partial charge is 0.157 e. The van der Waals surface area contributed by atoms with Crippen LogP contribution in [0.5, 0.6) is 0 Å². The van der Waals surface area contributed by atoms with Crippen LogP contribution in [0.25, 0.3) is 0 Å². The lowest BCUT2D eigenvalue weighted by molar-refractivity contribution is -0.130. The highest BCUT2D eigenvalue weighted by atomic mass is 16.5. The fourth-order valence-corrected chi connectivity index (χ4v) is 2.19. The second kappa shape index (κ2) is 10.0. The fraction of sp³-hybridized carbons (Fsp3) is 0.950. The lowest BCUT2D eigenvalue weighted by Crippen LogP contribution is -2.53. The Kier molecular flexibility index (Phi) is 9.81. The van der Waals surface area contributed by atoms with Gasteiger partial charge in [-0.25, -0.2) is 0 Å². The third-order valence-corrected chi connectivity index (χ3v) is 4.04. The first-order valence-electron chi connectivity index (χ1n) is 9.33. The van der Waals surface area contributed by atoms with Crippen LogP contribution in [0.4, 0.5) is 0 Å². The first-order valence-corrected chi connectivity index (χ1v) is 9.33. The lowest BCUT2D eigenvalue weighted by Gasteiger charge is -2.32. The number of Topliss-reactive ketones (excluding diaryl/α,β-unsaturated/α-hetero) is 1. The van der Waals surface area contributed by atoms with Gasteiger partial charge in [0.25, 0.3) is 0 Å². The van der Waals surface area contributed by atoms with Crippen LogP contribution in [0.3, 0.4) is 0 Å². The molecule has 0 radical (unpaired) electrons. The molecule has 0 aromatic heterocycles. The first kappa shape index (κ1) is 24.5. The van der Waals surface area contributed by atoms with Gasteiger partial charge in [0, 0.05) is 23.0 Å². The number of rotatable bonds is 10. The van der Waals surface area contributed by atoms with Gasteiger partial charge >= 0.3 is 0 Å². The van der Waals surface area contributed by atoms with Gasteiger partial charge < -0.3 is 14.8 Å². The number of ketones is 1. The van der Waals surface area contributed by atoms with Crippen LogP contribution in [0.15, 0.2) is 0 Å². The summed E-state index contributed by atoms with van der Waals surface area (Å²) in [5.74, 6) is 0.176. The number of likely N-dealkylation sites (N-methyl/N-ethyl adjacent to an activating group) is 1. The zero-order valence-electron chi connectivity index (χ0n) is 18.3. The zero-order chi connectivity index (χ0) is 19.9. The highest BCUT2D eigenvalue weighted by Gasteiger charge is 2.32. The Morgan fingerprint density at radius 1 is 0.920 bits per heavy atom. The molecular weight excluding hydrogens is 316 g/mol. The summed E-state index contributed by atoms with van der Waals surface area (Å²) in [5.41, 5.74) is -0.373. The maximum Gasteiger partial charge on any atom is 0.157 e. The van der Waals surface area contributed by atoms with Crippen molar-refractivity contribution in [1.29, 1.82) is 0 Å². The second-order valence-electron chi connectivity index (χ2n) is 9.84. The van der Waals surface area contributed by atoms with E-state index in [2.05, 4.69) is 58.8 Å². The van der Waals surface area contributed by atoms with Gasteiger partial charge in [-0.2, -0.15) is 0 Å². The summed E-state index contributed by atoms with van der Waals surface area (Å²) < 4.78 is 11.3. The Labute approximate surface area is 155 Å². The molecule has 5 heteroatoms. The van der Waals surface area contributed by atoms with Crippen molar-refractivity contribution in [3.05, 3.63) is 0 Å². The van der Waals surface area contributed by atoms with E-state index in [1.807, 2.05) is 20.8 Å². The Morgan fingerprint density at radius 2 is 1.44 bits per heavy atom. The minimum absolute atomic E-state index is 0.136. The van der Waals surface area contributed by atoms with Gasteiger partial charge in [0.15, 0.2) is 5.78 Å². The van der Waals surface area contributed by atoms with E-state index in [0.29, 0.717) is 26.4 Å². The summed E-state index contributed by atoms with van der Waals surface area (Å²) in [6.07, 6.45) is 0. The standard InChI is InChI=1S/C20H42N2O3/c1-18(2,3)17(23)16(21-19(4,5)6)15-25-14-13-24-12-11-22(10)20(7,8)9/h16,21H,11-15H2,1-10H3. The van der Waals surface area contributed by atoms with E-state index in [4.69, 9.17) is 9.47 Å². The van der Waals surface area contributed by atoms with E-state index < -0.39 is 0 Å². The monoisotopic (exact) mass is 358 g/mol. The van der Waals surface area contributed by atoms with Gasteiger partial charge in [-0.1, -0.05) is 20.8 Å². The fourth-order valence-electron chi connectivity index (χ4n) is 2.19. The number of carbonyl (C=O) groups excluding carboxylic acids is 1. The lowest BCUT2D eigenvalue weighted by atomic mass is 9.86. The van der Waals surface area contributed by atoms with Crippen molar-refractivity contribution < 1.29 is 14.3 Å². The third-order valence-electron chi connectivity index (χ3n) is 4.04. The van der Waals surface area contributed by atoms with Crippen molar-refractivity contribution in [2.75, 3.05) is 40.0 Å². The van der Waals surface area contributed by atoms with E-state index in [1.165, 1.54) is 0 Å². The second-order valence-corrected chi connectivity index (χ2v) is 9.84. The van der Waals surface area contributed by atoms with Crippen LogP contribution < -0.4 is 5.32 Å². The van der Waals surface area contributed by atoms with Crippen LogP contribution in [0.1, 0.15) is 62.3 Å². The molecule has 0 bridgehead atoms. The van der Waals surface area contributed by atoms with E-state index in [1.54, 1.807) is 0 Å². The molecule has 0 spiro atoms. The molecule has 0 fully saturated rings. The maximum absolute atomic E-state index is 12.6. The van der Waals surface area contributed by atoms with Gasteiger partial charge in [-0.05, 0) is 48.6 Å². The van der Waals surface area contributed by atoms with E-state index in [0.717, 1.165) is 6.54 Å².